The van der Waals surface area contributed by atoms with E-state index < -0.39 is 0 Å². The quantitative estimate of drug-likeness (QED) is 0.754. The van der Waals surface area contributed by atoms with Crippen LogP contribution in [-0.4, -0.2) is 28.8 Å². The Kier molecular flexibility index (Phi) is 3.64. The van der Waals surface area contributed by atoms with Crippen LogP contribution in [0.15, 0.2) is 36.7 Å². The lowest BCUT2D eigenvalue weighted by molar-refractivity contribution is 0.0606. The predicted octanol–water partition coefficient (Wildman–Crippen LogP) is 2.67. The summed E-state index contributed by atoms with van der Waals surface area (Å²) in [5.74, 6) is -0.585. The van der Waals surface area contributed by atoms with Gasteiger partial charge in [0.2, 0.25) is 0 Å². The van der Waals surface area contributed by atoms with E-state index in [1.165, 1.54) is 24.6 Å². The number of hydrogen-bond acceptors (Lipinski definition) is 5. The number of aromatic nitrogens is 2. The Morgan fingerprint density at radius 2 is 2.14 bits per heavy atom. The van der Waals surface area contributed by atoms with E-state index in [2.05, 4.69) is 10.4 Å². The summed E-state index contributed by atoms with van der Waals surface area (Å²) in [7, 11) is 3.11. The standard InChI is InChI=1S/C15H13N3O3S/c1-18-8-10(7-16-18)14(19)17-11-3-4-12-9(5-11)6-13(22-12)15(20)21-2/h3-8H,1-2H3,(H,17,19). The lowest BCUT2D eigenvalue weighted by Crippen LogP contribution is -2.10. The molecule has 3 rings (SSSR count). The van der Waals surface area contributed by atoms with Gasteiger partial charge in [-0.05, 0) is 29.7 Å². The van der Waals surface area contributed by atoms with Crippen molar-refractivity contribution in [2.45, 2.75) is 0 Å². The number of aryl methyl sites for hydroxylation is 1. The fraction of sp³-hybridized carbons (Fsp3) is 0.133. The number of rotatable bonds is 3. The zero-order valence-electron chi connectivity index (χ0n) is 12.0. The second-order valence-electron chi connectivity index (χ2n) is 4.71. The Morgan fingerprint density at radius 3 is 2.82 bits per heavy atom. The Balaban J connectivity index is 1.85. The van der Waals surface area contributed by atoms with E-state index in [0.29, 0.717) is 16.1 Å². The fourth-order valence-electron chi connectivity index (χ4n) is 2.06. The van der Waals surface area contributed by atoms with E-state index >= 15 is 0 Å². The zero-order chi connectivity index (χ0) is 15.7. The number of carbonyl (C=O) groups excluding carboxylic acids is 2. The van der Waals surface area contributed by atoms with Gasteiger partial charge in [-0.25, -0.2) is 4.79 Å². The highest BCUT2D eigenvalue weighted by molar-refractivity contribution is 7.20. The molecule has 0 saturated heterocycles. The van der Waals surface area contributed by atoms with Crippen molar-refractivity contribution in [2.75, 3.05) is 12.4 Å². The number of carbonyl (C=O) groups is 2. The average Bonchev–Trinajstić information content (AvgIpc) is 3.12. The van der Waals surface area contributed by atoms with Crippen molar-refractivity contribution in [3.8, 4) is 0 Å². The molecule has 2 aromatic heterocycles. The monoisotopic (exact) mass is 315 g/mol. The predicted molar refractivity (Wildman–Crippen MR) is 84.3 cm³/mol. The van der Waals surface area contributed by atoms with Crippen LogP contribution in [0.25, 0.3) is 10.1 Å². The highest BCUT2D eigenvalue weighted by Gasteiger charge is 2.12. The molecule has 0 spiro atoms. The highest BCUT2D eigenvalue weighted by Crippen LogP contribution is 2.28. The number of ether oxygens (including phenoxy) is 1. The van der Waals surface area contributed by atoms with E-state index in [9.17, 15) is 9.59 Å². The molecule has 6 nitrogen and oxygen atoms in total. The first-order valence-corrected chi connectivity index (χ1v) is 7.30. The van der Waals surface area contributed by atoms with Crippen LogP contribution in [0.3, 0.4) is 0 Å². The summed E-state index contributed by atoms with van der Waals surface area (Å²) >= 11 is 1.36. The molecule has 112 valence electrons. The zero-order valence-corrected chi connectivity index (χ0v) is 12.8. The average molecular weight is 315 g/mol. The van der Waals surface area contributed by atoms with Crippen LogP contribution in [0.2, 0.25) is 0 Å². The van der Waals surface area contributed by atoms with Crippen molar-refractivity contribution in [3.05, 3.63) is 47.1 Å². The first-order valence-electron chi connectivity index (χ1n) is 6.49. The van der Waals surface area contributed by atoms with Gasteiger partial charge < -0.3 is 10.1 Å². The topological polar surface area (TPSA) is 73.2 Å². The Bertz CT molecular complexity index is 866. The van der Waals surface area contributed by atoms with Gasteiger partial charge in [0, 0.05) is 23.6 Å². The summed E-state index contributed by atoms with van der Waals surface area (Å²) in [6.45, 7) is 0. The van der Waals surface area contributed by atoms with Crippen molar-refractivity contribution in [1.29, 1.82) is 0 Å². The van der Waals surface area contributed by atoms with Gasteiger partial charge in [-0.15, -0.1) is 11.3 Å². The molecule has 0 aliphatic carbocycles. The molecule has 7 heteroatoms. The number of amides is 1. The Hall–Kier alpha value is -2.67. The molecule has 3 aromatic rings. The van der Waals surface area contributed by atoms with E-state index in [-0.39, 0.29) is 11.9 Å². The summed E-state index contributed by atoms with van der Waals surface area (Å²) in [6.07, 6.45) is 3.15. The molecule has 1 aromatic carbocycles. The van der Waals surface area contributed by atoms with Gasteiger partial charge >= 0.3 is 5.97 Å². The number of nitrogens with zero attached hydrogens (tertiary/aromatic N) is 2. The second kappa shape index (κ2) is 5.61. The first kappa shape index (κ1) is 14.3. The minimum atomic E-state index is -0.359. The molecule has 1 N–H and O–H groups in total. The van der Waals surface area contributed by atoms with Crippen molar-refractivity contribution >= 4 is 39.0 Å². The SMILES string of the molecule is COC(=O)c1cc2cc(NC(=O)c3cnn(C)c3)ccc2s1. The Labute approximate surface area is 130 Å². The molecule has 0 bridgehead atoms. The summed E-state index contributed by atoms with van der Waals surface area (Å²) in [6, 6.07) is 7.25. The number of esters is 1. The number of methoxy groups -OCH3 is 1. The normalized spacial score (nSPS) is 10.6. The van der Waals surface area contributed by atoms with E-state index in [1.54, 1.807) is 30.1 Å². The molecule has 0 unspecified atom stereocenters. The van der Waals surface area contributed by atoms with Crippen LogP contribution in [-0.2, 0) is 11.8 Å². The van der Waals surface area contributed by atoms with Gasteiger partial charge in [0.05, 0.1) is 18.9 Å². The number of thiophene rings is 1. The summed E-state index contributed by atoms with van der Waals surface area (Å²) < 4.78 is 7.24. The van der Waals surface area contributed by atoms with Gasteiger partial charge in [0.1, 0.15) is 4.88 Å². The molecule has 0 saturated carbocycles. The van der Waals surface area contributed by atoms with E-state index in [4.69, 9.17) is 4.74 Å². The summed E-state index contributed by atoms with van der Waals surface area (Å²) in [5, 5.41) is 7.66. The third kappa shape index (κ3) is 2.71. The van der Waals surface area contributed by atoms with Gasteiger partial charge in [-0.1, -0.05) is 0 Å². The molecule has 0 aliphatic rings. The second-order valence-corrected chi connectivity index (χ2v) is 5.80. The maximum absolute atomic E-state index is 12.1. The molecule has 2 heterocycles. The van der Waals surface area contributed by atoms with Gasteiger partial charge in [0.25, 0.3) is 5.91 Å². The van der Waals surface area contributed by atoms with Crippen LogP contribution in [0.5, 0.6) is 0 Å². The number of benzene rings is 1. The van der Waals surface area contributed by atoms with E-state index in [0.717, 1.165) is 10.1 Å². The molecule has 1 amide bonds. The largest absolute Gasteiger partial charge is 0.465 e. The van der Waals surface area contributed by atoms with Crippen LogP contribution < -0.4 is 5.32 Å². The Morgan fingerprint density at radius 1 is 1.32 bits per heavy atom. The number of fused-ring (bicyclic) bond motifs is 1. The maximum atomic E-state index is 12.1. The van der Waals surface area contributed by atoms with Crippen LogP contribution in [0, 0.1) is 0 Å². The number of hydrogen-bond donors (Lipinski definition) is 1. The third-order valence-corrected chi connectivity index (χ3v) is 4.22. The number of anilines is 1. The molecule has 0 radical (unpaired) electrons. The van der Waals surface area contributed by atoms with Crippen LogP contribution in [0.4, 0.5) is 5.69 Å². The molecule has 0 aliphatic heterocycles. The molecule has 0 atom stereocenters. The van der Waals surface area contributed by atoms with Gasteiger partial charge in [-0.2, -0.15) is 5.10 Å². The van der Waals surface area contributed by atoms with Gasteiger partial charge in [0.15, 0.2) is 0 Å². The van der Waals surface area contributed by atoms with Crippen molar-refractivity contribution in [2.24, 2.45) is 7.05 Å². The van der Waals surface area contributed by atoms with E-state index in [1.807, 2.05) is 12.1 Å². The smallest absolute Gasteiger partial charge is 0.348 e. The number of nitrogens with one attached hydrogen (secondary N) is 1. The highest BCUT2D eigenvalue weighted by atomic mass is 32.1. The van der Waals surface area contributed by atoms with Crippen molar-refractivity contribution in [3.63, 3.8) is 0 Å². The first-order chi connectivity index (χ1) is 10.6. The minimum absolute atomic E-state index is 0.226. The molecular weight excluding hydrogens is 302 g/mol. The molecule has 0 fully saturated rings. The summed E-state index contributed by atoms with van der Waals surface area (Å²) in [4.78, 5) is 24.2. The van der Waals surface area contributed by atoms with Crippen molar-refractivity contribution in [1.82, 2.24) is 9.78 Å². The van der Waals surface area contributed by atoms with Crippen LogP contribution in [0.1, 0.15) is 20.0 Å². The maximum Gasteiger partial charge on any atom is 0.348 e. The summed E-state index contributed by atoms with van der Waals surface area (Å²) in [5.41, 5.74) is 1.15. The molecule has 22 heavy (non-hydrogen) atoms. The fourth-order valence-corrected chi connectivity index (χ4v) is 3.03. The third-order valence-electron chi connectivity index (χ3n) is 3.13. The lowest BCUT2D eigenvalue weighted by atomic mass is 10.2. The van der Waals surface area contributed by atoms with Gasteiger partial charge in [-0.3, -0.25) is 9.48 Å². The lowest BCUT2D eigenvalue weighted by Gasteiger charge is -2.03. The minimum Gasteiger partial charge on any atom is -0.465 e. The molecular formula is C15H13N3O3S. The van der Waals surface area contributed by atoms with Crippen molar-refractivity contribution < 1.29 is 14.3 Å². The van der Waals surface area contributed by atoms with Crippen LogP contribution >= 0.6 is 11.3 Å².